The third kappa shape index (κ3) is 2.15. The summed E-state index contributed by atoms with van der Waals surface area (Å²) in [6, 6.07) is 19.6. The van der Waals surface area contributed by atoms with Gasteiger partial charge in [0, 0.05) is 16.6 Å². The van der Waals surface area contributed by atoms with E-state index < -0.39 is 11.5 Å². The Hall–Kier alpha value is -2.58. The first kappa shape index (κ1) is 15.0. The molecule has 3 aromatic carbocycles. The number of aliphatic hydroxyl groups is 1. The van der Waals surface area contributed by atoms with Gasteiger partial charge in [0.2, 0.25) is 0 Å². The lowest BCUT2D eigenvalue weighted by Crippen LogP contribution is -2.43. The minimum atomic E-state index is -0.691. The maximum absolute atomic E-state index is 11.1. The van der Waals surface area contributed by atoms with Crippen molar-refractivity contribution in [2.75, 3.05) is 0 Å². The highest BCUT2D eigenvalue weighted by Crippen LogP contribution is 2.39. The molecule has 24 heavy (non-hydrogen) atoms. The van der Waals surface area contributed by atoms with E-state index in [4.69, 9.17) is 0 Å². The number of hydrogen-bond donors (Lipinski definition) is 2. The van der Waals surface area contributed by atoms with E-state index in [1.807, 2.05) is 62.4 Å². The van der Waals surface area contributed by atoms with E-state index >= 15 is 0 Å². The highest BCUT2D eigenvalue weighted by Gasteiger charge is 2.34. The fraction of sp³-hybridized carbons (Fsp3) is 0.182. The Kier molecular flexibility index (Phi) is 3.26. The molecule has 0 radical (unpaired) electrons. The van der Waals surface area contributed by atoms with Crippen molar-refractivity contribution in [1.82, 2.24) is 0 Å². The van der Waals surface area contributed by atoms with Crippen molar-refractivity contribution in [3.05, 3.63) is 76.7 Å². The topological polar surface area (TPSA) is 40.5 Å². The van der Waals surface area contributed by atoms with Crippen LogP contribution in [0, 0.1) is 5.41 Å². The molecule has 0 spiro atoms. The molecule has 1 atom stereocenters. The number of phenols is 1. The van der Waals surface area contributed by atoms with Crippen molar-refractivity contribution < 1.29 is 10.2 Å². The smallest absolute Gasteiger partial charge is 0.123 e. The van der Waals surface area contributed by atoms with Gasteiger partial charge in [0.15, 0.2) is 0 Å². The molecular formula is C22H20O2. The molecule has 0 fully saturated rings. The average molecular weight is 316 g/mol. The summed E-state index contributed by atoms with van der Waals surface area (Å²) >= 11 is 0. The molecule has 2 N–H and O–H groups in total. The number of phenolic OH excluding ortho intramolecular Hbond substituents is 1. The van der Waals surface area contributed by atoms with Crippen LogP contribution in [0.3, 0.4) is 0 Å². The van der Waals surface area contributed by atoms with Crippen molar-refractivity contribution in [3.63, 3.8) is 0 Å². The van der Waals surface area contributed by atoms with Gasteiger partial charge >= 0.3 is 0 Å². The van der Waals surface area contributed by atoms with Gasteiger partial charge in [0.25, 0.3) is 0 Å². The summed E-state index contributed by atoms with van der Waals surface area (Å²) in [5, 5.41) is 25.8. The Morgan fingerprint density at radius 2 is 1.58 bits per heavy atom. The quantitative estimate of drug-likeness (QED) is 0.725. The Morgan fingerprint density at radius 3 is 2.42 bits per heavy atom. The SMILES string of the molecule is CC1(C)C=c2ccccc2=C(c2c(O)ccc3ccccc23)C1O. The third-order valence-corrected chi connectivity index (χ3v) is 4.93. The third-order valence-electron chi connectivity index (χ3n) is 4.93. The van der Waals surface area contributed by atoms with E-state index in [0.29, 0.717) is 0 Å². The van der Waals surface area contributed by atoms with Crippen molar-refractivity contribution in [3.8, 4) is 5.75 Å². The van der Waals surface area contributed by atoms with Crippen LogP contribution < -0.4 is 10.4 Å². The lowest BCUT2D eigenvalue weighted by Gasteiger charge is -2.33. The van der Waals surface area contributed by atoms with Crippen molar-refractivity contribution in [2.45, 2.75) is 20.0 Å². The van der Waals surface area contributed by atoms with Crippen LogP contribution >= 0.6 is 0 Å². The molecule has 1 aliphatic rings. The van der Waals surface area contributed by atoms with Crippen LogP contribution in [0.5, 0.6) is 5.75 Å². The minimum absolute atomic E-state index is 0.204. The lowest BCUT2D eigenvalue weighted by atomic mass is 9.74. The number of hydrogen-bond acceptors (Lipinski definition) is 2. The molecule has 0 bridgehead atoms. The number of aliphatic hydroxyl groups excluding tert-OH is 1. The molecular weight excluding hydrogens is 296 g/mol. The first-order chi connectivity index (χ1) is 11.5. The van der Waals surface area contributed by atoms with Crippen LogP contribution in [0.25, 0.3) is 22.4 Å². The maximum atomic E-state index is 11.1. The number of rotatable bonds is 1. The molecule has 4 rings (SSSR count). The fourth-order valence-corrected chi connectivity index (χ4v) is 3.68. The molecule has 1 aliphatic carbocycles. The summed E-state index contributed by atoms with van der Waals surface area (Å²) in [4.78, 5) is 0. The van der Waals surface area contributed by atoms with Crippen LogP contribution in [0.1, 0.15) is 19.4 Å². The number of benzene rings is 3. The molecule has 0 aliphatic heterocycles. The Labute approximate surface area is 141 Å². The summed E-state index contributed by atoms with van der Waals surface area (Å²) < 4.78 is 0. The molecule has 2 heteroatoms. The minimum Gasteiger partial charge on any atom is -0.507 e. The fourth-order valence-electron chi connectivity index (χ4n) is 3.68. The standard InChI is InChI=1S/C22H20O2/c1-22(2)13-15-8-4-6-10-17(15)20(21(22)24)19-16-9-5-3-7-14(16)11-12-18(19)23/h3-13,21,23-24H,1-2H3. The average Bonchev–Trinajstić information content (AvgIpc) is 2.57. The van der Waals surface area contributed by atoms with E-state index in [2.05, 4.69) is 12.1 Å². The first-order valence-electron chi connectivity index (χ1n) is 8.20. The zero-order chi connectivity index (χ0) is 16.9. The number of fused-ring (bicyclic) bond motifs is 2. The summed E-state index contributed by atoms with van der Waals surface area (Å²) in [5.41, 5.74) is 1.12. The second-order valence-electron chi connectivity index (χ2n) is 7.05. The predicted octanol–water partition coefficient (Wildman–Crippen LogP) is 2.93. The second-order valence-corrected chi connectivity index (χ2v) is 7.05. The predicted molar refractivity (Wildman–Crippen MR) is 98.1 cm³/mol. The second kappa shape index (κ2) is 5.22. The highest BCUT2D eigenvalue weighted by molar-refractivity contribution is 5.97. The van der Waals surface area contributed by atoms with Crippen LogP contribution in [0.4, 0.5) is 0 Å². The van der Waals surface area contributed by atoms with Gasteiger partial charge in [-0.05, 0) is 27.3 Å². The molecule has 0 saturated heterocycles. The highest BCUT2D eigenvalue weighted by atomic mass is 16.3. The summed E-state index contributed by atoms with van der Waals surface area (Å²) in [5.74, 6) is 0.204. The molecule has 2 nitrogen and oxygen atoms in total. The Morgan fingerprint density at radius 1 is 0.875 bits per heavy atom. The Bertz CT molecular complexity index is 1060. The van der Waals surface area contributed by atoms with E-state index in [1.165, 1.54) is 0 Å². The van der Waals surface area contributed by atoms with Crippen LogP contribution in [0.15, 0.2) is 60.7 Å². The molecule has 3 aromatic rings. The van der Waals surface area contributed by atoms with E-state index in [1.54, 1.807) is 6.07 Å². The van der Waals surface area contributed by atoms with Gasteiger partial charge in [-0.1, -0.05) is 74.5 Å². The monoisotopic (exact) mass is 316 g/mol. The first-order valence-corrected chi connectivity index (χ1v) is 8.20. The molecule has 0 heterocycles. The normalized spacial score (nSPS) is 19.0. The van der Waals surface area contributed by atoms with Crippen LogP contribution in [0.2, 0.25) is 0 Å². The van der Waals surface area contributed by atoms with Crippen molar-refractivity contribution >= 4 is 22.4 Å². The van der Waals surface area contributed by atoms with Gasteiger partial charge in [-0.3, -0.25) is 0 Å². The van der Waals surface area contributed by atoms with E-state index in [-0.39, 0.29) is 5.75 Å². The number of aromatic hydroxyl groups is 1. The van der Waals surface area contributed by atoms with Gasteiger partial charge in [-0.15, -0.1) is 0 Å². The summed E-state index contributed by atoms with van der Waals surface area (Å²) in [6.45, 7) is 4.05. The van der Waals surface area contributed by atoms with Gasteiger partial charge in [-0.25, -0.2) is 0 Å². The lowest BCUT2D eigenvalue weighted by molar-refractivity contribution is 0.143. The molecule has 120 valence electrons. The van der Waals surface area contributed by atoms with Gasteiger partial charge in [0.1, 0.15) is 5.75 Å². The molecule has 1 unspecified atom stereocenters. The summed E-state index contributed by atoms with van der Waals surface area (Å²) in [7, 11) is 0. The maximum Gasteiger partial charge on any atom is 0.123 e. The molecule has 0 amide bonds. The molecule has 0 saturated carbocycles. The zero-order valence-electron chi connectivity index (χ0n) is 13.8. The largest absolute Gasteiger partial charge is 0.507 e. The summed E-state index contributed by atoms with van der Waals surface area (Å²) in [6.07, 6.45) is 1.42. The van der Waals surface area contributed by atoms with Gasteiger partial charge < -0.3 is 10.2 Å². The van der Waals surface area contributed by atoms with Crippen molar-refractivity contribution in [1.29, 1.82) is 0 Å². The molecule has 0 aromatic heterocycles. The Balaban J connectivity index is 2.21. The van der Waals surface area contributed by atoms with Gasteiger partial charge in [-0.2, -0.15) is 0 Å². The van der Waals surface area contributed by atoms with Crippen LogP contribution in [-0.2, 0) is 0 Å². The van der Waals surface area contributed by atoms with Gasteiger partial charge in [0.05, 0.1) is 6.10 Å². The van der Waals surface area contributed by atoms with Crippen LogP contribution in [-0.4, -0.2) is 16.3 Å². The van der Waals surface area contributed by atoms with Crippen molar-refractivity contribution in [2.24, 2.45) is 5.41 Å². The zero-order valence-corrected chi connectivity index (χ0v) is 13.8. The van der Waals surface area contributed by atoms with E-state index in [0.717, 1.165) is 32.3 Å². The van der Waals surface area contributed by atoms with E-state index in [9.17, 15) is 10.2 Å².